The van der Waals surface area contributed by atoms with Crippen LogP contribution in [0.1, 0.15) is 76.3 Å². The van der Waals surface area contributed by atoms with Gasteiger partial charge in [-0.25, -0.2) is 4.79 Å². The summed E-state index contributed by atoms with van der Waals surface area (Å²) in [7, 11) is 0. The van der Waals surface area contributed by atoms with Gasteiger partial charge in [0.2, 0.25) is 0 Å². The summed E-state index contributed by atoms with van der Waals surface area (Å²) in [4.78, 5) is 23.9. The van der Waals surface area contributed by atoms with E-state index in [9.17, 15) is 22.8 Å². The van der Waals surface area contributed by atoms with Crippen LogP contribution in [0.2, 0.25) is 0 Å². The summed E-state index contributed by atoms with van der Waals surface area (Å²) in [6.45, 7) is 3.46. The van der Waals surface area contributed by atoms with E-state index in [0.717, 1.165) is 38.3 Å². The predicted octanol–water partition coefficient (Wildman–Crippen LogP) is 6.36. The van der Waals surface area contributed by atoms with Gasteiger partial charge >= 0.3 is 12.1 Å². The molecule has 0 spiro atoms. The van der Waals surface area contributed by atoms with Crippen molar-refractivity contribution < 1.29 is 27.5 Å². The van der Waals surface area contributed by atoms with Gasteiger partial charge in [0.15, 0.2) is 5.78 Å². The maximum atomic E-state index is 13.1. The Kier molecular flexibility index (Phi) is 10.6. The molecule has 0 fully saturated rings. The zero-order chi connectivity index (χ0) is 21.0. The number of halogens is 3. The van der Waals surface area contributed by atoms with Crippen LogP contribution < -0.4 is 0 Å². The summed E-state index contributed by atoms with van der Waals surface area (Å²) in [6.07, 6.45) is 5.04. The molecule has 0 aliphatic carbocycles. The lowest BCUT2D eigenvalue weighted by Gasteiger charge is -2.11. The summed E-state index contributed by atoms with van der Waals surface area (Å²) >= 11 is 0. The van der Waals surface area contributed by atoms with Crippen molar-refractivity contribution in [3.05, 3.63) is 41.0 Å². The fourth-order valence-corrected chi connectivity index (χ4v) is 2.82. The molecule has 0 aliphatic heterocycles. The van der Waals surface area contributed by atoms with E-state index in [1.165, 1.54) is 43.9 Å². The molecule has 6 heteroatoms. The predicted molar refractivity (Wildman–Crippen MR) is 104 cm³/mol. The third kappa shape index (κ3) is 8.72. The first-order valence-corrected chi connectivity index (χ1v) is 9.83. The highest BCUT2D eigenvalue weighted by molar-refractivity contribution is 6.19. The molecule has 0 aliphatic rings. The molecule has 156 valence electrons. The molecule has 0 N–H and O–H groups in total. The normalized spacial score (nSPS) is 12.1. The van der Waals surface area contributed by atoms with Gasteiger partial charge < -0.3 is 4.74 Å². The highest BCUT2D eigenvalue weighted by atomic mass is 19.4. The second-order valence-corrected chi connectivity index (χ2v) is 6.81. The third-order valence-corrected chi connectivity index (χ3v) is 4.40. The Balaban J connectivity index is 2.60. The van der Waals surface area contributed by atoms with Crippen LogP contribution in [0.4, 0.5) is 13.2 Å². The molecule has 0 radical (unpaired) electrons. The van der Waals surface area contributed by atoms with Crippen molar-refractivity contribution in [1.29, 1.82) is 0 Å². The van der Waals surface area contributed by atoms with Crippen LogP contribution in [-0.2, 0) is 20.5 Å². The Morgan fingerprint density at radius 3 is 2.11 bits per heavy atom. The molecular weight excluding hydrogens is 369 g/mol. The van der Waals surface area contributed by atoms with Crippen molar-refractivity contribution in [2.24, 2.45) is 0 Å². The first-order chi connectivity index (χ1) is 13.3. The number of rotatable bonds is 12. The van der Waals surface area contributed by atoms with Crippen molar-refractivity contribution in [3.8, 4) is 0 Å². The van der Waals surface area contributed by atoms with Gasteiger partial charge in [-0.15, -0.1) is 0 Å². The topological polar surface area (TPSA) is 43.4 Å². The van der Waals surface area contributed by atoms with E-state index in [4.69, 9.17) is 4.74 Å². The Labute approximate surface area is 165 Å². The van der Waals surface area contributed by atoms with Gasteiger partial charge in [0, 0.05) is 0 Å². The average molecular weight is 398 g/mol. The van der Waals surface area contributed by atoms with E-state index in [1.807, 2.05) is 0 Å². The minimum absolute atomic E-state index is 0.152. The van der Waals surface area contributed by atoms with Gasteiger partial charge in [0.25, 0.3) is 0 Å². The first kappa shape index (κ1) is 23.9. The zero-order valence-electron chi connectivity index (χ0n) is 16.6. The van der Waals surface area contributed by atoms with Crippen molar-refractivity contribution in [2.45, 2.75) is 71.4 Å². The van der Waals surface area contributed by atoms with Crippen molar-refractivity contribution in [1.82, 2.24) is 0 Å². The number of alkyl halides is 3. The second kappa shape index (κ2) is 12.4. The number of carbonyl (C=O) groups is 2. The van der Waals surface area contributed by atoms with Crippen LogP contribution >= 0.6 is 0 Å². The Bertz CT molecular complexity index is 663. The Hall–Kier alpha value is -2.11. The SMILES string of the molecule is CCCCCCCCCCOC(=O)/C(=C/c1ccccc1C(F)(F)F)C(C)=O. The standard InChI is InChI=1S/C22H29F3O3/c1-3-4-5-6-7-8-9-12-15-28-21(27)19(17(2)26)16-18-13-10-11-14-20(18)22(23,24)25/h10-11,13-14,16H,3-9,12,15H2,1-2H3/b19-16+. The molecule has 0 amide bonds. The largest absolute Gasteiger partial charge is 0.462 e. The van der Waals surface area contributed by atoms with Crippen molar-refractivity contribution in [2.75, 3.05) is 6.61 Å². The molecule has 1 aromatic carbocycles. The lowest BCUT2D eigenvalue weighted by atomic mass is 10.0. The van der Waals surface area contributed by atoms with E-state index < -0.39 is 23.5 Å². The summed E-state index contributed by atoms with van der Waals surface area (Å²) in [6, 6.07) is 4.81. The molecule has 0 unspecified atom stereocenters. The summed E-state index contributed by atoms with van der Waals surface area (Å²) in [5.74, 6) is -1.51. The number of benzene rings is 1. The number of ketones is 1. The lowest BCUT2D eigenvalue weighted by molar-refractivity contribution is -0.141. The van der Waals surface area contributed by atoms with E-state index in [2.05, 4.69) is 6.92 Å². The zero-order valence-corrected chi connectivity index (χ0v) is 16.6. The van der Waals surface area contributed by atoms with Crippen LogP contribution in [0.3, 0.4) is 0 Å². The third-order valence-electron chi connectivity index (χ3n) is 4.40. The highest BCUT2D eigenvalue weighted by Crippen LogP contribution is 2.33. The smallest absolute Gasteiger partial charge is 0.416 e. The maximum Gasteiger partial charge on any atom is 0.416 e. The monoisotopic (exact) mass is 398 g/mol. The number of ether oxygens (including phenoxy) is 1. The highest BCUT2D eigenvalue weighted by Gasteiger charge is 2.33. The van der Waals surface area contributed by atoms with Crippen LogP contribution in [0.5, 0.6) is 0 Å². The molecule has 0 saturated heterocycles. The fraction of sp³-hybridized carbons (Fsp3) is 0.545. The van der Waals surface area contributed by atoms with Crippen LogP contribution in [0.25, 0.3) is 6.08 Å². The molecular formula is C22H29F3O3. The summed E-state index contributed by atoms with van der Waals surface area (Å²) < 4.78 is 44.4. The Morgan fingerprint density at radius 1 is 0.964 bits per heavy atom. The number of Topliss-reactive ketones (excluding diaryl/α,β-unsaturated/α-hetero) is 1. The quantitative estimate of drug-likeness (QED) is 0.135. The maximum absolute atomic E-state index is 13.1. The summed E-state index contributed by atoms with van der Waals surface area (Å²) in [5.41, 5.74) is -1.51. The average Bonchev–Trinajstić information content (AvgIpc) is 2.63. The Morgan fingerprint density at radius 2 is 1.54 bits per heavy atom. The van der Waals surface area contributed by atoms with E-state index in [0.29, 0.717) is 6.42 Å². The molecule has 0 aromatic heterocycles. The van der Waals surface area contributed by atoms with E-state index in [1.54, 1.807) is 0 Å². The second-order valence-electron chi connectivity index (χ2n) is 6.81. The van der Waals surface area contributed by atoms with Crippen LogP contribution in [0, 0.1) is 0 Å². The van der Waals surface area contributed by atoms with Gasteiger partial charge in [0.1, 0.15) is 5.57 Å². The van der Waals surface area contributed by atoms with Crippen LogP contribution in [-0.4, -0.2) is 18.4 Å². The van der Waals surface area contributed by atoms with Gasteiger partial charge in [-0.2, -0.15) is 13.2 Å². The molecule has 1 aromatic rings. The number of hydrogen-bond donors (Lipinski definition) is 0. The molecule has 28 heavy (non-hydrogen) atoms. The number of carbonyl (C=O) groups excluding carboxylic acids is 2. The molecule has 0 saturated carbocycles. The fourth-order valence-electron chi connectivity index (χ4n) is 2.82. The van der Waals surface area contributed by atoms with Gasteiger partial charge in [-0.1, -0.05) is 70.1 Å². The number of unbranched alkanes of at least 4 members (excludes halogenated alkanes) is 7. The minimum Gasteiger partial charge on any atom is -0.462 e. The summed E-state index contributed by atoms with van der Waals surface area (Å²) in [5, 5.41) is 0. The van der Waals surface area contributed by atoms with E-state index >= 15 is 0 Å². The van der Waals surface area contributed by atoms with E-state index in [-0.39, 0.29) is 17.7 Å². The number of hydrogen-bond acceptors (Lipinski definition) is 3. The number of esters is 1. The first-order valence-electron chi connectivity index (χ1n) is 9.83. The molecule has 0 bridgehead atoms. The molecule has 0 heterocycles. The van der Waals surface area contributed by atoms with Gasteiger partial charge in [0.05, 0.1) is 12.2 Å². The molecule has 3 nitrogen and oxygen atoms in total. The van der Waals surface area contributed by atoms with Crippen molar-refractivity contribution in [3.63, 3.8) is 0 Å². The van der Waals surface area contributed by atoms with Gasteiger partial charge in [-0.3, -0.25) is 4.79 Å². The molecule has 1 rings (SSSR count). The van der Waals surface area contributed by atoms with Gasteiger partial charge in [-0.05, 0) is 31.1 Å². The minimum atomic E-state index is -4.57. The van der Waals surface area contributed by atoms with Crippen LogP contribution in [0.15, 0.2) is 29.8 Å². The molecule has 0 atom stereocenters. The van der Waals surface area contributed by atoms with Crippen molar-refractivity contribution >= 4 is 17.8 Å². The lowest BCUT2D eigenvalue weighted by Crippen LogP contribution is -2.15.